The van der Waals surface area contributed by atoms with Gasteiger partial charge in [0.15, 0.2) is 0 Å². The predicted octanol–water partition coefficient (Wildman–Crippen LogP) is 2.10. The van der Waals surface area contributed by atoms with Crippen molar-refractivity contribution in [2.24, 2.45) is 4.99 Å². The Bertz CT molecular complexity index is 444. The smallest absolute Gasteiger partial charge is 0.139 e. The summed E-state index contributed by atoms with van der Waals surface area (Å²) in [4.78, 5) is 6.06. The van der Waals surface area contributed by atoms with Gasteiger partial charge < -0.3 is 9.64 Å². The molecule has 0 aliphatic heterocycles. The molecule has 1 aromatic carbocycles. The first-order chi connectivity index (χ1) is 7.58. The average molecular weight is 217 g/mol. The molecule has 1 aromatic rings. The van der Waals surface area contributed by atoms with E-state index in [1.807, 2.05) is 38.1 Å². The third kappa shape index (κ3) is 2.74. The van der Waals surface area contributed by atoms with Crippen LogP contribution in [0.2, 0.25) is 0 Å². The number of benzene rings is 1. The SMILES string of the molecule is COc1cc(C)cc(N=CN(C)C)c1C#N. The van der Waals surface area contributed by atoms with Gasteiger partial charge in [-0.15, -0.1) is 0 Å². The Balaban J connectivity index is 3.27. The fraction of sp³-hybridized carbons (Fsp3) is 0.333. The van der Waals surface area contributed by atoms with E-state index in [4.69, 9.17) is 10.00 Å². The van der Waals surface area contributed by atoms with Gasteiger partial charge in [0.25, 0.3) is 0 Å². The minimum Gasteiger partial charge on any atom is -0.495 e. The van der Waals surface area contributed by atoms with Crippen molar-refractivity contribution >= 4 is 12.0 Å². The molecule has 1 rings (SSSR count). The van der Waals surface area contributed by atoms with Gasteiger partial charge in [0.1, 0.15) is 17.4 Å². The van der Waals surface area contributed by atoms with E-state index in [0.29, 0.717) is 17.0 Å². The molecule has 4 heteroatoms. The molecular weight excluding hydrogens is 202 g/mol. The topological polar surface area (TPSA) is 48.6 Å². The van der Waals surface area contributed by atoms with E-state index in [1.165, 1.54) is 0 Å². The minimum atomic E-state index is 0.464. The first kappa shape index (κ1) is 12.1. The molecule has 0 spiro atoms. The van der Waals surface area contributed by atoms with Crippen molar-refractivity contribution in [3.8, 4) is 11.8 Å². The van der Waals surface area contributed by atoms with Crippen LogP contribution in [0.25, 0.3) is 0 Å². The molecule has 0 heterocycles. The average Bonchev–Trinajstić information content (AvgIpc) is 2.25. The second-order valence-corrected chi connectivity index (χ2v) is 3.68. The molecule has 0 saturated heterocycles. The maximum Gasteiger partial charge on any atom is 0.139 e. The number of rotatable bonds is 3. The van der Waals surface area contributed by atoms with Gasteiger partial charge >= 0.3 is 0 Å². The Morgan fingerprint density at radius 1 is 1.44 bits per heavy atom. The molecule has 0 aliphatic rings. The molecule has 4 nitrogen and oxygen atoms in total. The highest BCUT2D eigenvalue weighted by Gasteiger charge is 2.08. The first-order valence-electron chi connectivity index (χ1n) is 4.88. The molecule has 0 aliphatic carbocycles. The van der Waals surface area contributed by atoms with Crippen LogP contribution in [0, 0.1) is 18.3 Å². The number of hydrogen-bond donors (Lipinski definition) is 0. The van der Waals surface area contributed by atoms with Crippen molar-refractivity contribution in [2.75, 3.05) is 21.2 Å². The van der Waals surface area contributed by atoms with Gasteiger partial charge in [0, 0.05) is 14.1 Å². The zero-order valence-electron chi connectivity index (χ0n) is 9.98. The third-order valence-electron chi connectivity index (χ3n) is 1.99. The van der Waals surface area contributed by atoms with Crippen LogP contribution < -0.4 is 4.74 Å². The quantitative estimate of drug-likeness (QED) is 0.575. The fourth-order valence-corrected chi connectivity index (χ4v) is 1.29. The van der Waals surface area contributed by atoms with E-state index in [0.717, 1.165) is 5.56 Å². The second kappa shape index (κ2) is 5.17. The summed E-state index contributed by atoms with van der Waals surface area (Å²) in [6.45, 7) is 1.94. The molecule has 0 N–H and O–H groups in total. The van der Waals surface area contributed by atoms with Gasteiger partial charge in [0.05, 0.1) is 19.1 Å². The Morgan fingerprint density at radius 3 is 2.62 bits per heavy atom. The number of nitriles is 1. The Hall–Kier alpha value is -2.02. The van der Waals surface area contributed by atoms with Gasteiger partial charge in [-0.05, 0) is 24.6 Å². The van der Waals surface area contributed by atoms with Gasteiger partial charge in [-0.3, -0.25) is 0 Å². The van der Waals surface area contributed by atoms with E-state index >= 15 is 0 Å². The standard InChI is InChI=1S/C12H15N3O/c1-9-5-11(14-8-15(2)3)10(7-13)12(6-9)16-4/h5-6,8H,1-4H3. The summed E-state index contributed by atoms with van der Waals surface area (Å²) in [5.41, 5.74) is 2.11. The van der Waals surface area contributed by atoms with E-state index in [1.54, 1.807) is 13.4 Å². The molecule has 0 radical (unpaired) electrons. The lowest BCUT2D eigenvalue weighted by Crippen LogP contribution is -2.07. The van der Waals surface area contributed by atoms with E-state index in [-0.39, 0.29) is 0 Å². The highest BCUT2D eigenvalue weighted by atomic mass is 16.5. The van der Waals surface area contributed by atoms with Crippen LogP contribution in [-0.4, -0.2) is 32.4 Å². The summed E-state index contributed by atoms with van der Waals surface area (Å²) in [5.74, 6) is 0.563. The zero-order chi connectivity index (χ0) is 12.1. The summed E-state index contributed by atoms with van der Waals surface area (Å²) in [7, 11) is 5.31. The monoisotopic (exact) mass is 217 g/mol. The predicted molar refractivity (Wildman–Crippen MR) is 64.3 cm³/mol. The van der Waals surface area contributed by atoms with Crippen molar-refractivity contribution in [2.45, 2.75) is 6.92 Å². The summed E-state index contributed by atoms with van der Waals surface area (Å²) in [5, 5.41) is 9.07. The van der Waals surface area contributed by atoms with Crippen LogP contribution in [0.4, 0.5) is 5.69 Å². The van der Waals surface area contributed by atoms with E-state index in [9.17, 15) is 0 Å². The Kier molecular flexibility index (Phi) is 3.90. The van der Waals surface area contributed by atoms with Crippen LogP contribution >= 0.6 is 0 Å². The molecule has 0 fully saturated rings. The highest BCUT2D eigenvalue weighted by molar-refractivity contribution is 5.68. The molecule has 0 bridgehead atoms. The molecule has 0 aromatic heterocycles. The number of nitrogens with zero attached hydrogens (tertiary/aromatic N) is 3. The van der Waals surface area contributed by atoms with Crippen LogP contribution in [-0.2, 0) is 0 Å². The molecule has 0 amide bonds. The van der Waals surface area contributed by atoms with E-state index in [2.05, 4.69) is 11.1 Å². The van der Waals surface area contributed by atoms with Crippen molar-refractivity contribution in [3.05, 3.63) is 23.3 Å². The van der Waals surface area contributed by atoms with Crippen LogP contribution in [0.3, 0.4) is 0 Å². The third-order valence-corrected chi connectivity index (χ3v) is 1.99. The zero-order valence-corrected chi connectivity index (χ0v) is 9.98. The van der Waals surface area contributed by atoms with E-state index < -0.39 is 0 Å². The fourth-order valence-electron chi connectivity index (χ4n) is 1.29. The molecule has 0 unspecified atom stereocenters. The normalized spacial score (nSPS) is 10.2. The maximum atomic E-state index is 9.07. The molecule has 84 valence electrons. The summed E-state index contributed by atoms with van der Waals surface area (Å²) in [6.07, 6.45) is 1.66. The second-order valence-electron chi connectivity index (χ2n) is 3.68. The van der Waals surface area contributed by atoms with Crippen molar-refractivity contribution in [3.63, 3.8) is 0 Å². The molecular formula is C12H15N3O. The number of hydrogen-bond acceptors (Lipinski definition) is 3. The number of ether oxygens (including phenoxy) is 1. The number of aryl methyl sites for hydroxylation is 1. The molecule has 0 saturated carbocycles. The van der Waals surface area contributed by atoms with Crippen molar-refractivity contribution in [1.82, 2.24) is 4.90 Å². The summed E-state index contributed by atoms with van der Waals surface area (Å²) >= 11 is 0. The lowest BCUT2D eigenvalue weighted by Gasteiger charge is -2.08. The summed E-state index contributed by atoms with van der Waals surface area (Å²) < 4.78 is 5.15. The van der Waals surface area contributed by atoms with Crippen LogP contribution in [0.5, 0.6) is 5.75 Å². The number of methoxy groups -OCH3 is 1. The van der Waals surface area contributed by atoms with Gasteiger partial charge in [-0.2, -0.15) is 5.26 Å². The van der Waals surface area contributed by atoms with Gasteiger partial charge in [-0.25, -0.2) is 4.99 Å². The highest BCUT2D eigenvalue weighted by Crippen LogP contribution is 2.29. The Labute approximate surface area is 95.8 Å². The molecule has 0 atom stereocenters. The molecule has 16 heavy (non-hydrogen) atoms. The van der Waals surface area contributed by atoms with Crippen molar-refractivity contribution < 1.29 is 4.74 Å². The van der Waals surface area contributed by atoms with Gasteiger partial charge in [-0.1, -0.05) is 0 Å². The first-order valence-corrected chi connectivity index (χ1v) is 4.88. The largest absolute Gasteiger partial charge is 0.495 e. The lowest BCUT2D eigenvalue weighted by atomic mass is 10.1. The number of aliphatic imine (C=N–C) groups is 1. The maximum absolute atomic E-state index is 9.07. The van der Waals surface area contributed by atoms with Gasteiger partial charge in [0.2, 0.25) is 0 Å². The van der Waals surface area contributed by atoms with Crippen LogP contribution in [0.1, 0.15) is 11.1 Å². The lowest BCUT2D eigenvalue weighted by molar-refractivity contribution is 0.413. The van der Waals surface area contributed by atoms with Crippen molar-refractivity contribution in [1.29, 1.82) is 5.26 Å². The summed E-state index contributed by atoms with van der Waals surface area (Å²) in [6, 6.07) is 5.80. The van der Waals surface area contributed by atoms with Crippen LogP contribution in [0.15, 0.2) is 17.1 Å². The Morgan fingerprint density at radius 2 is 2.12 bits per heavy atom. The minimum absolute atomic E-state index is 0.464.